The minimum absolute atomic E-state index is 0.184. The summed E-state index contributed by atoms with van der Waals surface area (Å²) in [6, 6.07) is 9.39. The van der Waals surface area contributed by atoms with Gasteiger partial charge in [0.15, 0.2) is 5.78 Å². The molecule has 76 valence electrons. The van der Waals surface area contributed by atoms with Gasteiger partial charge in [0.25, 0.3) is 0 Å². The molecule has 0 saturated carbocycles. The molecule has 0 aliphatic heterocycles. The minimum atomic E-state index is 0.184. The zero-order chi connectivity index (χ0) is 10.5. The lowest BCUT2D eigenvalue weighted by Gasteiger charge is -1.98. The Balaban J connectivity index is 1.94. The van der Waals surface area contributed by atoms with Gasteiger partial charge in [0.2, 0.25) is 0 Å². The van der Waals surface area contributed by atoms with E-state index in [2.05, 4.69) is 4.98 Å². The van der Waals surface area contributed by atoms with Gasteiger partial charge in [0.1, 0.15) is 0 Å². The molecule has 0 N–H and O–H groups in total. The molecule has 15 heavy (non-hydrogen) atoms. The SMILES string of the molecule is O=C(CCc1cscn1)c1ccccc1. The summed E-state index contributed by atoms with van der Waals surface area (Å²) >= 11 is 1.56. The van der Waals surface area contributed by atoms with Gasteiger partial charge in [-0.05, 0) is 6.42 Å². The predicted molar refractivity (Wildman–Crippen MR) is 61.2 cm³/mol. The molecule has 0 fully saturated rings. The van der Waals surface area contributed by atoms with Crippen molar-refractivity contribution in [3.05, 3.63) is 52.5 Å². The van der Waals surface area contributed by atoms with Gasteiger partial charge in [-0.2, -0.15) is 0 Å². The summed E-state index contributed by atoms with van der Waals surface area (Å²) < 4.78 is 0. The Kier molecular flexibility index (Phi) is 3.25. The molecule has 0 amide bonds. The van der Waals surface area contributed by atoms with Crippen molar-refractivity contribution < 1.29 is 4.79 Å². The van der Waals surface area contributed by atoms with Crippen molar-refractivity contribution in [2.75, 3.05) is 0 Å². The number of ketones is 1. The molecule has 2 aromatic rings. The fourth-order valence-electron chi connectivity index (χ4n) is 1.37. The molecule has 0 saturated heterocycles. The molecule has 1 aromatic carbocycles. The van der Waals surface area contributed by atoms with E-state index in [-0.39, 0.29) is 5.78 Å². The fourth-order valence-corrected chi connectivity index (χ4v) is 1.96. The first-order chi connectivity index (χ1) is 7.36. The highest BCUT2D eigenvalue weighted by Crippen LogP contribution is 2.08. The Morgan fingerprint density at radius 3 is 2.73 bits per heavy atom. The van der Waals surface area contributed by atoms with Crippen LogP contribution in [0.1, 0.15) is 22.5 Å². The number of Topliss-reactive ketones (excluding diaryl/α,β-unsaturated/α-hetero) is 1. The summed E-state index contributed by atoms with van der Waals surface area (Å²) in [5.41, 5.74) is 3.58. The Morgan fingerprint density at radius 2 is 2.07 bits per heavy atom. The number of carbonyl (C=O) groups is 1. The molecule has 0 spiro atoms. The van der Waals surface area contributed by atoms with E-state index in [9.17, 15) is 4.79 Å². The maximum Gasteiger partial charge on any atom is 0.163 e. The van der Waals surface area contributed by atoms with Crippen LogP contribution in [0.5, 0.6) is 0 Å². The van der Waals surface area contributed by atoms with Crippen LogP contribution in [-0.2, 0) is 6.42 Å². The quantitative estimate of drug-likeness (QED) is 0.737. The summed E-state index contributed by atoms with van der Waals surface area (Å²) in [5.74, 6) is 0.184. The Bertz CT molecular complexity index is 422. The zero-order valence-corrected chi connectivity index (χ0v) is 9.04. The predicted octanol–water partition coefficient (Wildman–Crippen LogP) is 2.96. The van der Waals surface area contributed by atoms with Gasteiger partial charge in [-0.1, -0.05) is 30.3 Å². The second kappa shape index (κ2) is 4.84. The number of hydrogen-bond acceptors (Lipinski definition) is 3. The molecule has 0 aliphatic carbocycles. The van der Waals surface area contributed by atoms with Gasteiger partial charge in [0.05, 0.1) is 11.2 Å². The van der Waals surface area contributed by atoms with Crippen molar-refractivity contribution in [1.29, 1.82) is 0 Å². The third kappa shape index (κ3) is 2.73. The number of benzene rings is 1. The maximum atomic E-state index is 11.7. The van der Waals surface area contributed by atoms with Gasteiger partial charge >= 0.3 is 0 Å². The first-order valence-corrected chi connectivity index (χ1v) is 5.76. The molecule has 0 bridgehead atoms. The van der Waals surface area contributed by atoms with Crippen LogP contribution in [0.25, 0.3) is 0 Å². The van der Waals surface area contributed by atoms with Crippen LogP contribution in [0.15, 0.2) is 41.2 Å². The molecule has 0 unspecified atom stereocenters. The molecule has 0 radical (unpaired) electrons. The third-order valence-corrected chi connectivity index (χ3v) is 2.82. The van der Waals surface area contributed by atoms with Gasteiger partial charge in [0, 0.05) is 17.4 Å². The molecule has 2 rings (SSSR count). The molecule has 3 heteroatoms. The molecular weight excluding hydrogens is 206 g/mol. The normalized spacial score (nSPS) is 10.1. The maximum absolute atomic E-state index is 11.7. The Labute approximate surface area is 92.6 Å². The Hall–Kier alpha value is -1.48. The van der Waals surface area contributed by atoms with Gasteiger partial charge in [-0.15, -0.1) is 11.3 Å². The van der Waals surface area contributed by atoms with Crippen LogP contribution < -0.4 is 0 Å². The summed E-state index contributed by atoms with van der Waals surface area (Å²) in [5, 5.41) is 1.98. The lowest BCUT2D eigenvalue weighted by molar-refractivity contribution is 0.0982. The highest BCUT2D eigenvalue weighted by molar-refractivity contribution is 7.07. The van der Waals surface area contributed by atoms with Crippen molar-refractivity contribution in [3.63, 3.8) is 0 Å². The number of rotatable bonds is 4. The third-order valence-electron chi connectivity index (χ3n) is 2.19. The average molecular weight is 217 g/mol. The smallest absolute Gasteiger partial charge is 0.163 e. The van der Waals surface area contributed by atoms with Crippen LogP contribution in [-0.4, -0.2) is 10.8 Å². The minimum Gasteiger partial charge on any atom is -0.294 e. The lowest BCUT2D eigenvalue weighted by Crippen LogP contribution is -2.00. The first kappa shape index (κ1) is 10.1. The number of aryl methyl sites for hydroxylation is 1. The average Bonchev–Trinajstić information content (AvgIpc) is 2.80. The zero-order valence-electron chi connectivity index (χ0n) is 8.22. The summed E-state index contributed by atoms with van der Waals surface area (Å²) in [6.45, 7) is 0. The summed E-state index contributed by atoms with van der Waals surface area (Å²) in [6.07, 6.45) is 1.27. The first-order valence-electron chi connectivity index (χ1n) is 4.81. The largest absolute Gasteiger partial charge is 0.294 e. The topological polar surface area (TPSA) is 30.0 Å². The standard InChI is InChI=1S/C12H11NOS/c14-12(10-4-2-1-3-5-10)7-6-11-8-15-9-13-11/h1-5,8-9H,6-7H2. The van der Waals surface area contributed by atoms with E-state index in [1.54, 1.807) is 16.8 Å². The lowest BCUT2D eigenvalue weighted by atomic mass is 10.1. The second-order valence-corrected chi connectivity index (χ2v) is 3.99. The van der Waals surface area contributed by atoms with Crippen molar-refractivity contribution >= 4 is 17.1 Å². The number of nitrogens with zero attached hydrogens (tertiary/aromatic N) is 1. The fraction of sp³-hybridized carbons (Fsp3) is 0.167. The van der Waals surface area contributed by atoms with Crippen molar-refractivity contribution in [2.24, 2.45) is 0 Å². The summed E-state index contributed by atoms with van der Waals surface area (Å²) in [7, 11) is 0. The van der Waals surface area contributed by atoms with Crippen LogP contribution in [0.2, 0.25) is 0 Å². The van der Waals surface area contributed by atoms with Gasteiger partial charge < -0.3 is 0 Å². The molecule has 1 aromatic heterocycles. The van der Waals surface area contributed by atoms with Crippen molar-refractivity contribution in [1.82, 2.24) is 4.98 Å². The van der Waals surface area contributed by atoms with E-state index in [4.69, 9.17) is 0 Å². The monoisotopic (exact) mass is 217 g/mol. The molecule has 2 nitrogen and oxygen atoms in total. The number of carbonyl (C=O) groups excluding carboxylic acids is 1. The highest BCUT2D eigenvalue weighted by atomic mass is 32.1. The van der Waals surface area contributed by atoms with E-state index >= 15 is 0 Å². The number of thiazole rings is 1. The van der Waals surface area contributed by atoms with Crippen LogP contribution in [0.3, 0.4) is 0 Å². The van der Waals surface area contributed by atoms with E-state index in [0.29, 0.717) is 6.42 Å². The van der Waals surface area contributed by atoms with Crippen LogP contribution in [0, 0.1) is 0 Å². The molecule has 1 heterocycles. The van der Waals surface area contributed by atoms with E-state index in [1.807, 2.05) is 35.7 Å². The van der Waals surface area contributed by atoms with E-state index < -0.39 is 0 Å². The molecule has 0 atom stereocenters. The highest BCUT2D eigenvalue weighted by Gasteiger charge is 2.05. The Morgan fingerprint density at radius 1 is 1.27 bits per heavy atom. The van der Waals surface area contributed by atoms with Crippen molar-refractivity contribution in [3.8, 4) is 0 Å². The molecular formula is C12H11NOS. The van der Waals surface area contributed by atoms with E-state index in [1.165, 1.54) is 0 Å². The summed E-state index contributed by atoms with van der Waals surface area (Å²) in [4.78, 5) is 15.9. The van der Waals surface area contributed by atoms with Crippen LogP contribution in [0.4, 0.5) is 0 Å². The number of aromatic nitrogens is 1. The van der Waals surface area contributed by atoms with Crippen LogP contribution >= 0.6 is 11.3 Å². The second-order valence-electron chi connectivity index (χ2n) is 3.27. The number of hydrogen-bond donors (Lipinski definition) is 0. The van der Waals surface area contributed by atoms with E-state index in [0.717, 1.165) is 17.7 Å². The van der Waals surface area contributed by atoms with Crippen molar-refractivity contribution in [2.45, 2.75) is 12.8 Å². The van der Waals surface area contributed by atoms with Gasteiger partial charge in [-0.3, -0.25) is 4.79 Å². The van der Waals surface area contributed by atoms with Gasteiger partial charge in [-0.25, -0.2) is 4.98 Å². The molecule has 0 aliphatic rings.